The van der Waals surface area contributed by atoms with Crippen molar-refractivity contribution < 1.29 is 29.7 Å². The van der Waals surface area contributed by atoms with Gasteiger partial charge in [0.1, 0.15) is 0 Å². The van der Waals surface area contributed by atoms with Crippen LogP contribution in [0.3, 0.4) is 0 Å². The topological polar surface area (TPSA) is 164 Å². The van der Waals surface area contributed by atoms with Crippen molar-refractivity contribution in [1.82, 2.24) is 5.06 Å². The molecule has 0 fully saturated rings. The van der Waals surface area contributed by atoms with Crippen LogP contribution in [0, 0.1) is 20.2 Å². The third-order valence-corrected chi connectivity index (χ3v) is 3.91. The Morgan fingerprint density at radius 2 is 1.54 bits per heavy atom. The molecular weight excluding hydrogens is 374 g/mol. The molecule has 0 saturated heterocycles. The predicted octanol–water partition coefficient (Wildman–Crippen LogP) is 2.01. The van der Waals surface area contributed by atoms with Crippen molar-refractivity contribution in [2.75, 3.05) is 7.05 Å². The van der Waals surface area contributed by atoms with Gasteiger partial charge < -0.3 is 5.11 Å². The Kier molecular flexibility index (Phi) is 6.13. The van der Waals surface area contributed by atoms with Gasteiger partial charge in [-0.2, -0.15) is 0 Å². The zero-order valence-corrected chi connectivity index (χ0v) is 14.5. The normalized spacial score (nSPS) is 11.5. The van der Waals surface area contributed by atoms with Crippen LogP contribution >= 0.6 is 0 Å². The van der Waals surface area contributed by atoms with E-state index in [1.807, 2.05) is 0 Å². The van der Waals surface area contributed by atoms with Crippen LogP contribution in [-0.2, 0) is 9.59 Å². The fraction of sp³-hybridized carbons (Fsp3) is 0.176. The summed E-state index contributed by atoms with van der Waals surface area (Å²) in [5, 5.41) is 41.0. The van der Waals surface area contributed by atoms with Crippen LogP contribution in [0.15, 0.2) is 42.5 Å². The highest BCUT2D eigenvalue weighted by Gasteiger charge is 2.25. The molecular formula is C17H15N3O8. The fourth-order valence-electron chi connectivity index (χ4n) is 2.46. The quantitative estimate of drug-likeness (QED) is 0.314. The van der Waals surface area contributed by atoms with E-state index in [1.165, 1.54) is 30.3 Å². The molecule has 2 aromatic rings. The van der Waals surface area contributed by atoms with Crippen molar-refractivity contribution in [3.8, 4) is 11.1 Å². The molecule has 1 unspecified atom stereocenters. The monoisotopic (exact) mass is 389 g/mol. The average molecular weight is 389 g/mol. The van der Waals surface area contributed by atoms with Gasteiger partial charge in [-0.15, -0.1) is 0 Å². The number of nitrogens with zero attached hydrogens (tertiary/aromatic N) is 3. The van der Waals surface area contributed by atoms with E-state index in [0.29, 0.717) is 16.7 Å². The van der Waals surface area contributed by atoms with Gasteiger partial charge in [-0.1, -0.05) is 24.3 Å². The SMILES string of the molecule is CN(O)C(=O)C(=O)CC(O)c1ccc(-c2ccc([N+](=O)[O-])c([N+](=O)[O-])c2)cc1. The number of nitro groups is 2. The number of ketones is 1. The number of aliphatic hydroxyl groups excluding tert-OH is 1. The van der Waals surface area contributed by atoms with E-state index in [1.54, 1.807) is 0 Å². The zero-order valence-electron chi connectivity index (χ0n) is 14.5. The lowest BCUT2D eigenvalue weighted by molar-refractivity contribution is -0.422. The summed E-state index contributed by atoms with van der Waals surface area (Å²) in [4.78, 5) is 43.2. The van der Waals surface area contributed by atoms with Crippen LogP contribution < -0.4 is 0 Å². The second-order valence-electron chi connectivity index (χ2n) is 5.81. The molecule has 0 saturated carbocycles. The number of benzene rings is 2. The number of aliphatic hydroxyl groups is 1. The van der Waals surface area contributed by atoms with Gasteiger partial charge in [0.25, 0.3) is 0 Å². The van der Waals surface area contributed by atoms with E-state index in [2.05, 4.69) is 0 Å². The molecule has 0 aliphatic carbocycles. The van der Waals surface area contributed by atoms with Crippen LogP contribution in [0.25, 0.3) is 11.1 Å². The maximum absolute atomic E-state index is 11.6. The zero-order chi connectivity index (χ0) is 21.0. The van der Waals surface area contributed by atoms with Gasteiger partial charge in [0.05, 0.1) is 16.0 Å². The smallest absolute Gasteiger partial charge is 0.346 e. The molecule has 2 aromatic carbocycles. The van der Waals surface area contributed by atoms with Gasteiger partial charge in [-0.25, -0.2) is 5.06 Å². The third kappa shape index (κ3) is 4.52. The number of hydrogen-bond donors (Lipinski definition) is 2. The summed E-state index contributed by atoms with van der Waals surface area (Å²) in [7, 11) is 0.991. The van der Waals surface area contributed by atoms with Gasteiger partial charge in [0.2, 0.25) is 5.78 Å². The van der Waals surface area contributed by atoms with E-state index in [0.717, 1.165) is 19.2 Å². The lowest BCUT2D eigenvalue weighted by Gasteiger charge is -2.12. The Morgan fingerprint density at radius 1 is 1.00 bits per heavy atom. The second kappa shape index (κ2) is 8.33. The highest BCUT2D eigenvalue weighted by Crippen LogP contribution is 2.32. The Morgan fingerprint density at radius 3 is 2.04 bits per heavy atom. The van der Waals surface area contributed by atoms with E-state index in [-0.39, 0.29) is 5.06 Å². The van der Waals surface area contributed by atoms with E-state index in [4.69, 9.17) is 5.21 Å². The average Bonchev–Trinajstić information content (AvgIpc) is 2.66. The molecule has 1 atom stereocenters. The predicted molar refractivity (Wildman–Crippen MR) is 94.3 cm³/mol. The molecule has 0 aromatic heterocycles. The van der Waals surface area contributed by atoms with Crippen LogP contribution in [-0.4, -0.2) is 44.0 Å². The maximum atomic E-state index is 11.6. The van der Waals surface area contributed by atoms with Crippen molar-refractivity contribution >= 4 is 23.1 Å². The van der Waals surface area contributed by atoms with Gasteiger partial charge in [0, 0.05) is 25.6 Å². The summed E-state index contributed by atoms with van der Waals surface area (Å²) in [6.07, 6.45) is -1.83. The molecule has 28 heavy (non-hydrogen) atoms. The second-order valence-corrected chi connectivity index (χ2v) is 5.81. The lowest BCUT2D eigenvalue weighted by atomic mass is 9.99. The Bertz CT molecular complexity index is 940. The van der Waals surface area contributed by atoms with Crippen molar-refractivity contribution in [2.45, 2.75) is 12.5 Å². The first kappa shape index (κ1) is 20.6. The van der Waals surface area contributed by atoms with Gasteiger partial charge in [-0.05, 0) is 22.8 Å². The highest BCUT2D eigenvalue weighted by molar-refractivity contribution is 6.35. The number of Topliss-reactive ketones (excluding diaryl/α,β-unsaturated/α-hetero) is 1. The minimum Gasteiger partial charge on any atom is -0.388 e. The van der Waals surface area contributed by atoms with Crippen LogP contribution in [0.1, 0.15) is 18.1 Å². The lowest BCUT2D eigenvalue weighted by Crippen LogP contribution is -2.31. The number of rotatable bonds is 7. The highest BCUT2D eigenvalue weighted by atomic mass is 16.6. The van der Waals surface area contributed by atoms with Crippen molar-refractivity contribution in [3.05, 3.63) is 68.3 Å². The molecule has 146 valence electrons. The third-order valence-electron chi connectivity index (χ3n) is 3.91. The molecule has 0 aliphatic rings. The number of carbonyl (C=O) groups is 2. The number of likely N-dealkylation sites (N-methyl/N-ethyl adjacent to an activating group) is 1. The van der Waals surface area contributed by atoms with Crippen LogP contribution in [0.2, 0.25) is 0 Å². The molecule has 2 N–H and O–H groups in total. The Labute approximate surface area is 157 Å². The van der Waals surface area contributed by atoms with Crippen molar-refractivity contribution in [3.63, 3.8) is 0 Å². The number of hydroxylamine groups is 2. The molecule has 11 heteroatoms. The summed E-state index contributed by atoms with van der Waals surface area (Å²) in [6.45, 7) is 0. The molecule has 0 bridgehead atoms. The number of nitro benzene ring substituents is 2. The molecule has 2 rings (SSSR count). The van der Waals surface area contributed by atoms with Gasteiger partial charge >= 0.3 is 17.3 Å². The summed E-state index contributed by atoms with van der Waals surface area (Å²) in [5.74, 6) is -2.14. The Hall–Kier alpha value is -3.70. The molecule has 0 radical (unpaired) electrons. The summed E-state index contributed by atoms with van der Waals surface area (Å²) in [6, 6.07) is 9.38. The maximum Gasteiger partial charge on any atom is 0.346 e. The molecule has 0 spiro atoms. The number of carbonyl (C=O) groups excluding carboxylic acids is 2. The van der Waals surface area contributed by atoms with Crippen LogP contribution in [0.5, 0.6) is 0 Å². The van der Waals surface area contributed by atoms with Crippen molar-refractivity contribution in [2.24, 2.45) is 0 Å². The first-order chi connectivity index (χ1) is 13.1. The minimum atomic E-state index is -1.29. The molecule has 1 amide bonds. The van der Waals surface area contributed by atoms with Crippen molar-refractivity contribution in [1.29, 1.82) is 0 Å². The fourth-order valence-corrected chi connectivity index (χ4v) is 2.46. The van der Waals surface area contributed by atoms with E-state index in [9.17, 15) is 34.9 Å². The first-order valence-electron chi connectivity index (χ1n) is 7.82. The Balaban J connectivity index is 2.24. The molecule has 11 nitrogen and oxygen atoms in total. The van der Waals surface area contributed by atoms with E-state index < -0.39 is 45.4 Å². The van der Waals surface area contributed by atoms with Crippen LogP contribution in [0.4, 0.5) is 11.4 Å². The summed E-state index contributed by atoms with van der Waals surface area (Å²) >= 11 is 0. The standard InChI is InChI=1S/C17H15N3O8/c1-18(24)17(23)16(22)9-15(21)11-4-2-10(3-5-11)12-6-7-13(19(25)26)14(8-12)20(27)28/h2-8,15,21,24H,9H2,1H3. The van der Waals surface area contributed by atoms with Gasteiger partial charge in [-0.3, -0.25) is 35.0 Å². The number of hydrogen-bond acceptors (Lipinski definition) is 8. The summed E-state index contributed by atoms with van der Waals surface area (Å²) < 4.78 is 0. The number of amides is 1. The largest absolute Gasteiger partial charge is 0.388 e. The summed E-state index contributed by atoms with van der Waals surface area (Å²) in [5.41, 5.74) is -0.124. The molecule has 0 heterocycles. The van der Waals surface area contributed by atoms with E-state index >= 15 is 0 Å². The molecule has 0 aliphatic heterocycles. The first-order valence-corrected chi connectivity index (χ1v) is 7.82. The van der Waals surface area contributed by atoms with Gasteiger partial charge in [0.15, 0.2) is 0 Å². The minimum absolute atomic E-state index is 0.125.